The van der Waals surface area contributed by atoms with E-state index in [4.69, 9.17) is 9.47 Å². The predicted octanol–water partition coefficient (Wildman–Crippen LogP) is 4.68. The Kier molecular flexibility index (Phi) is 7.65. The molecule has 2 atom stereocenters. The van der Waals surface area contributed by atoms with Crippen LogP contribution >= 0.6 is 0 Å². The van der Waals surface area contributed by atoms with Gasteiger partial charge in [-0.1, -0.05) is 79.9 Å². The molecular formula is C27H34N2O4. The Morgan fingerprint density at radius 2 is 1.48 bits per heavy atom. The van der Waals surface area contributed by atoms with Gasteiger partial charge in [0.2, 0.25) is 0 Å². The van der Waals surface area contributed by atoms with E-state index in [1.165, 1.54) is 6.42 Å². The third-order valence-electron chi connectivity index (χ3n) is 7.25. The monoisotopic (exact) mass is 450 g/mol. The van der Waals surface area contributed by atoms with Gasteiger partial charge < -0.3 is 14.8 Å². The van der Waals surface area contributed by atoms with Gasteiger partial charge >= 0.3 is 12.1 Å². The topological polar surface area (TPSA) is 67.9 Å². The van der Waals surface area contributed by atoms with Crippen LogP contribution in [0.3, 0.4) is 0 Å². The number of amides is 1. The van der Waals surface area contributed by atoms with Gasteiger partial charge in [-0.25, -0.2) is 9.59 Å². The second-order valence-electron chi connectivity index (χ2n) is 9.10. The fourth-order valence-electron chi connectivity index (χ4n) is 5.50. The van der Waals surface area contributed by atoms with Crippen molar-refractivity contribution < 1.29 is 19.1 Å². The molecule has 1 amide bonds. The summed E-state index contributed by atoms with van der Waals surface area (Å²) >= 11 is 0. The van der Waals surface area contributed by atoms with Gasteiger partial charge in [0.25, 0.3) is 0 Å². The van der Waals surface area contributed by atoms with Crippen LogP contribution in [0.4, 0.5) is 4.79 Å². The quantitative estimate of drug-likeness (QED) is 0.621. The number of carbonyl (C=O) groups is 2. The Labute approximate surface area is 196 Å². The molecule has 6 heteroatoms. The Bertz CT molecular complexity index is 914. The van der Waals surface area contributed by atoms with Crippen LogP contribution in [0.5, 0.6) is 0 Å². The van der Waals surface area contributed by atoms with Crippen molar-refractivity contribution >= 4 is 12.1 Å². The number of esters is 1. The van der Waals surface area contributed by atoms with Gasteiger partial charge in [-0.2, -0.15) is 0 Å². The van der Waals surface area contributed by atoms with E-state index in [9.17, 15) is 9.59 Å². The fourth-order valence-corrected chi connectivity index (χ4v) is 5.50. The SMILES string of the molecule is CNC1(C2CCCCC2)CCN(C(=O)OCc2ccccc2)[C@@H]1C(=O)OCc1ccccc1. The van der Waals surface area contributed by atoms with Crippen LogP contribution in [0.1, 0.15) is 49.7 Å². The summed E-state index contributed by atoms with van der Waals surface area (Å²) in [5.74, 6) is -0.0506. The predicted molar refractivity (Wildman–Crippen MR) is 126 cm³/mol. The number of likely N-dealkylation sites (tertiary alicyclic amines) is 1. The van der Waals surface area contributed by atoms with Crippen molar-refractivity contribution in [2.75, 3.05) is 13.6 Å². The normalized spacial score (nSPS) is 23.3. The van der Waals surface area contributed by atoms with Crippen molar-refractivity contribution in [1.82, 2.24) is 10.2 Å². The molecule has 0 bridgehead atoms. The van der Waals surface area contributed by atoms with E-state index in [0.717, 1.165) is 36.8 Å². The highest BCUT2D eigenvalue weighted by atomic mass is 16.6. The maximum Gasteiger partial charge on any atom is 0.410 e. The zero-order valence-corrected chi connectivity index (χ0v) is 19.4. The summed E-state index contributed by atoms with van der Waals surface area (Å²) in [6.07, 6.45) is 5.87. The molecule has 33 heavy (non-hydrogen) atoms. The molecule has 0 spiro atoms. The maximum absolute atomic E-state index is 13.5. The van der Waals surface area contributed by atoms with Gasteiger partial charge in [-0.15, -0.1) is 0 Å². The summed E-state index contributed by atoms with van der Waals surface area (Å²) in [4.78, 5) is 28.3. The summed E-state index contributed by atoms with van der Waals surface area (Å²) in [6, 6.07) is 18.5. The molecule has 0 aromatic heterocycles. The second-order valence-corrected chi connectivity index (χ2v) is 9.10. The molecule has 1 saturated carbocycles. The Morgan fingerprint density at radius 3 is 2.06 bits per heavy atom. The Balaban J connectivity index is 1.53. The van der Waals surface area contributed by atoms with Crippen LogP contribution in [0, 0.1) is 5.92 Å². The summed E-state index contributed by atoms with van der Waals surface area (Å²) in [7, 11) is 1.91. The largest absolute Gasteiger partial charge is 0.459 e. The summed E-state index contributed by atoms with van der Waals surface area (Å²) in [6.45, 7) is 0.835. The standard InChI is InChI=1S/C27H34N2O4/c1-28-27(23-15-9-4-10-16-23)17-18-29(26(31)33-20-22-13-7-3-8-14-22)24(27)25(30)32-19-21-11-5-2-6-12-21/h2-3,5-8,11-14,23-24,28H,4,9-10,15-20H2,1H3/t24-,27?/m1/s1. The van der Waals surface area contributed by atoms with Gasteiger partial charge in [0.15, 0.2) is 6.04 Å². The molecule has 1 aliphatic carbocycles. The first-order chi connectivity index (χ1) is 16.1. The van der Waals surface area contributed by atoms with Crippen molar-refractivity contribution in [3.8, 4) is 0 Å². The molecule has 6 nitrogen and oxygen atoms in total. The smallest absolute Gasteiger partial charge is 0.410 e. The first-order valence-electron chi connectivity index (χ1n) is 12.0. The van der Waals surface area contributed by atoms with Crippen LogP contribution < -0.4 is 5.32 Å². The average Bonchev–Trinajstić information content (AvgIpc) is 3.29. The lowest BCUT2D eigenvalue weighted by Gasteiger charge is -2.43. The lowest BCUT2D eigenvalue weighted by molar-refractivity contribution is -0.153. The van der Waals surface area contributed by atoms with Crippen molar-refractivity contribution in [2.45, 2.75) is 63.3 Å². The lowest BCUT2D eigenvalue weighted by atomic mass is 9.70. The number of rotatable bonds is 7. The van der Waals surface area contributed by atoms with Gasteiger partial charge in [0, 0.05) is 6.54 Å². The van der Waals surface area contributed by atoms with Gasteiger partial charge in [0.05, 0.1) is 5.54 Å². The number of nitrogens with zero attached hydrogens (tertiary/aromatic N) is 1. The third kappa shape index (κ3) is 5.22. The first-order valence-corrected chi connectivity index (χ1v) is 12.0. The van der Waals surface area contributed by atoms with Crippen LogP contribution in [-0.4, -0.2) is 42.1 Å². The Morgan fingerprint density at radius 1 is 0.909 bits per heavy atom. The van der Waals surface area contributed by atoms with Gasteiger partial charge in [-0.05, 0) is 43.4 Å². The molecule has 1 unspecified atom stereocenters. The molecule has 0 radical (unpaired) electrons. The number of ether oxygens (including phenoxy) is 2. The second kappa shape index (κ2) is 10.8. The minimum Gasteiger partial charge on any atom is -0.459 e. The summed E-state index contributed by atoms with van der Waals surface area (Å²) in [5, 5.41) is 3.48. The average molecular weight is 451 g/mol. The van der Waals surface area contributed by atoms with Crippen molar-refractivity contribution in [1.29, 1.82) is 0 Å². The number of nitrogens with one attached hydrogen (secondary N) is 1. The molecule has 1 saturated heterocycles. The zero-order chi connectivity index (χ0) is 23.1. The molecule has 2 fully saturated rings. The van der Waals surface area contributed by atoms with Gasteiger partial charge in [-0.3, -0.25) is 4.90 Å². The van der Waals surface area contributed by atoms with E-state index in [1.807, 2.05) is 67.7 Å². The molecular weight excluding hydrogens is 416 g/mol. The number of hydrogen-bond donors (Lipinski definition) is 1. The number of benzene rings is 2. The van der Waals surface area contributed by atoms with E-state index in [2.05, 4.69) is 5.32 Å². The number of carbonyl (C=O) groups excluding carboxylic acids is 2. The van der Waals surface area contributed by atoms with E-state index in [-0.39, 0.29) is 19.2 Å². The molecule has 4 rings (SSSR count). The van der Waals surface area contributed by atoms with E-state index in [0.29, 0.717) is 18.9 Å². The molecule has 1 heterocycles. The third-order valence-corrected chi connectivity index (χ3v) is 7.25. The zero-order valence-electron chi connectivity index (χ0n) is 19.4. The number of hydrogen-bond acceptors (Lipinski definition) is 5. The maximum atomic E-state index is 13.5. The Hall–Kier alpha value is -2.86. The molecule has 2 aromatic carbocycles. The minimum atomic E-state index is -0.711. The van der Waals surface area contributed by atoms with Crippen LogP contribution in [0.15, 0.2) is 60.7 Å². The number of likely N-dealkylation sites (N-methyl/N-ethyl adjacent to an activating group) is 1. The van der Waals surface area contributed by atoms with Crippen LogP contribution in [-0.2, 0) is 27.5 Å². The molecule has 2 aromatic rings. The summed E-state index contributed by atoms with van der Waals surface area (Å²) < 4.78 is 11.4. The van der Waals surface area contributed by atoms with E-state index >= 15 is 0 Å². The lowest BCUT2D eigenvalue weighted by Crippen LogP contribution is -2.62. The molecule has 2 aliphatic rings. The van der Waals surface area contributed by atoms with Gasteiger partial charge in [0.1, 0.15) is 13.2 Å². The molecule has 1 aliphatic heterocycles. The van der Waals surface area contributed by atoms with Crippen molar-refractivity contribution in [3.63, 3.8) is 0 Å². The molecule has 176 valence electrons. The first kappa shape index (κ1) is 23.3. The van der Waals surface area contributed by atoms with E-state index < -0.39 is 17.7 Å². The van der Waals surface area contributed by atoms with E-state index in [1.54, 1.807) is 4.90 Å². The highest BCUT2D eigenvalue weighted by molar-refractivity contribution is 5.84. The highest BCUT2D eigenvalue weighted by Gasteiger charge is 2.57. The fraction of sp³-hybridized carbons (Fsp3) is 0.481. The van der Waals surface area contributed by atoms with Crippen LogP contribution in [0.25, 0.3) is 0 Å². The van der Waals surface area contributed by atoms with Crippen molar-refractivity contribution in [2.24, 2.45) is 5.92 Å². The van der Waals surface area contributed by atoms with Crippen LogP contribution in [0.2, 0.25) is 0 Å². The summed E-state index contributed by atoms with van der Waals surface area (Å²) in [5.41, 5.74) is 1.34. The molecule has 1 N–H and O–H groups in total. The highest BCUT2D eigenvalue weighted by Crippen LogP contribution is 2.43. The minimum absolute atomic E-state index is 0.179. The van der Waals surface area contributed by atoms with Crippen molar-refractivity contribution in [3.05, 3.63) is 71.8 Å².